The van der Waals surface area contributed by atoms with Crippen LogP contribution < -0.4 is 29.3 Å². The molecule has 3 atom stereocenters. The number of para-hydroxylation sites is 2. The normalized spacial score (nSPS) is 17.1. The Morgan fingerprint density at radius 1 is 0.878 bits per heavy atom. The van der Waals surface area contributed by atoms with Crippen molar-refractivity contribution in [1.29, 1.82) is 0 Å². The van der Waals surface area contributed by atoms with Crippen molar-refractivity contribution < 1.29 is 46.4 Å². The molecule has 0 radical (unpaired) electrons. The van der Waals surface area contributed by atoms with E-state index in [2.05, 4.69) is 16.4 Å². The number of rotatable bonds is 20. The SMILES string of the molecule is CC=NCC(=O)C(CCSSC(C)(C)CCC(=O)Nc1cc(COc2cc3c(cc2C)C(=O)N2c4ccccc4C[C@H]2C=N3)cc(COc2cc3c(cc2OC)C(=O)N2c4ccccc4C[C@H]2CC3)c1)S(=O)(=O)O. The fourth-order valence-corrected chi connectivity index (χ4v) is 13.7. The zero-order valence-corrected chi connectivity index (χ0v) is 44.4. The summed E-state index contributed by atoms with van der Waals surface area (Å²) in [4.78, 5) is 66.7. The van der Waals surface area contributed by atoms with Crippen LogP contribution >= 0.6 is 21.6 Å². The van der Waals surface area contributed by atoms with Gasteiger partial charge in [0, 0.05) is 64.3 Å². The number of anilines is 3. The largest absolute Gasteiger partial charge is 0.493 e. The molecule has 0 aliphatic carbocycles. The minimum Gasteiger partial charge on any atom is -0.493 e. The van der Waals surface area contributed by atoms with Crippen LogP contribution in [0.15, 0.2) is 101 Å². The van der Waals surface area contributed by atoms with Crippen LogP contribution in [0.1, 0.15) is 101 Å². The van der Waals surface area contributed by atoms with E-state index in [1.165, 1.54) is 33.4 Å². The first-order chi connectivity index (χ1) is 35.5. The van der Waals surface area contributed by atoms with E-state index >= 15 is 0 Å². The summed E-state index contributed by atoms with van der Waals surface area (Å²) in [6.45, 7) is 7.36. The van der Waals surface area contributed by atoms with Crippen molar-refractivity contribution in [1.82, 2.24) is 0 Å². The molecule has 0 bridgehead atoms. The summed E-state index contributed by atoms with van der Waals surface area (Å²) in [6, 6.07) is 28.8. The number of benzene rings is 5. The zero-order valence-electron chi connectivity index (χ0n) is 42.0. The highest BCUT2D eigenvalue weighted by molar-refractivity contribution is 8.77. The summed E-state index contributed by atoms with van der Waals surface area (Å²) < 4.78 is 52.0. The Labute approximate surface area is 439 Å². The maximum atomic E-state index is 14.1. The number of methoxy groups -OCH3 is 1. The second-order valence-electron chi connectivity index (χ2n) is 19.5. The third-order valence-electron chi connectivity index (χ3n) is 13.8. The van der Waals surface area contributed by atoms with Crippen LogP contribution in [-0.2, 0) is 52.2 Å². The average Bonchev–Trinajstić information content (AvgIpc) is 3.87. The number of nitrogens with zero attached hydrogens (tertiary/aromatic N) is 4. The first-order valence-corrected chi connectivity index (χ1v) is 28.5. The quantitative estimate of drug-likeness (QED) is 0.0325. The number of Topliss-reactive ketones (excluding diaryl/α,β-unsaturated/α-hetero) is 1. The molecule has 4 aliphatic heterocycles. The number of carbonyl (C=O) groups is 4. The van der Waals surface area contributed by atoms with E-state index < -0.39 is 25.9 Å². The highest BCUT2D eigenvalue weighted by atomic mass is 33.1. The van der Waals surface area contributed by atoms with Gasteiger partial charge in [-0.25, -0.2) is 0 Å². The lowest BCUT2D eigenvalue weighted by Gasteiger charge is -2.23. The van der Waals surface area contributed by atoms with Crippen LogP contribution in [0.3, 0.4) is 0 Å². The Hall–Kier alpha value is -6.47. The van der Waals surface area contributed by atoms with Gasteiger partial charge >= 0.3 is 0 Å². The average molecular weight is 1060 g/mol. The number of nitrogens with one attached hydrogen (secondary N) is 1. The molecule has 4 heterocycles. The van der Waals surface area contributed by atoms with Gasteiger partial charge in [-0.2, -0.15) is 8.42 Å². The van der Waals surface area contributed by atoms with E-state index in [1.54, 1.807) is 26.2 Å². The molecule has 9 rings (SSSR count). The standard InChI is InChI=1S/C56H59N5O10S3/c1-6-57-31-48(62)52(74(66,67)68)18-20-72-73-56(3,4)19-17-53(63)59-40-23-35(32-70-49-29-45-44(21-34(49)2)55(65)61-42(30-58-45)26-39-12-8-10-14-47(39)61)22-36(24-40)33-71-51-27-37-15-16-41-25-38-11-7-9-13-46(38)60(41)54(64)43(37)28-50(51)69-5/h6-14,21-24,27-30,41-42,52H,15-20,25-26,31-33H2,1-5H3,(H,59,63)(H,66,67,68)/t41-,42+,52?/m1/s1. The van der Waals surface area contributed by atoms with Crippen molar-refractivity contribution in [2.75, 3.05) is 34.5 Å². The van der Waals surface area contributed by atoms with Crippen LogP contribution in [0.25, 0.3) is 0 Å². The molecule has 15 nitrogen and oxygen atoms in total. The molecule has 0 saturated carbocycles. The fraction of sp³-hybridized carbons (Fsp3) is 0.357. The van der Waals surface area contributed by atoms with Gasteiger partial charge in [-0.3, -0.25) is 38.6 Å². The van der Waals surface area contributed by atoms with Crippen molar-refractivity contribution in [2.24, 2.45) is 9.98 Å². The topological polar surface area (TPSA) is 194 Å². The number of aliphatic imine (C=N–C) groups is 2. The second-order valence-corrected chi connectivity index (χ2v) is 24.3. The summed E-state index contributed by atoms with van der Waals surface area (Å²) in [5.41, 5.74) is 9.36. The van der Waals surface area contributed by atoms with Gasteiger partial charge in [0.05, 0.1) is 30.9 Å². The van der Waals surface area contributed by atoms with Crippen molar-refractivity contribution in [3.63, 3.8) is 0 Å². The van der Waals surface area contributed by atoms with Crippen LogP contribution in [0.4, 0.5) is 22.7 Å². The van der Waals surface area contributed by atoms with Crippen LogP contribution in [-0.4, -0.2) is 90.4 Å². The van der Waals surface area contributed by atoms with Gasteiger partial charge < -0.3 is 24.4 Å². The Morgan fingerprint density at radius 3 is 2.26 bits per heavy atom. The Morgan fingerprint density at radius 2 is 1.55 bits per heavy atom. The number of ether oxygens (including phenoxy) is 3. The Bertz CT molecular complexity index is 3200. The van der Waals surface area contributed by atoms with Gasteiger partial charge in [0.1, 0.15) is 24.2 Å². The van der Waals surface area contributed by atoms with Crippen LogP contribution in [0.2, 0.25) is 0 Å². The molecule has 0 saturated heterocycles. The molecule has 1 unspecified atom stereocenters. The maximum absolute atomic E-state index is 14.1. The van der Waals surface area contributed by atoms with Crippen molar-refractivity contribution in [2.45, 2.75) is 108 Å². The van der Waals surface area contributed by atoms with Gasteiger partial charge in [-0.1, -0.05) is 58.0 Å². The van der Waals surface area contributed by atoms with E-state index in [9.17, 15) is 32.1 Å². The molecule has 2 N–H and O–H groups in total. The molecule has 0 aromatic heterocycles. The predicted octanol–water partition coefficient (Wildman–Crippen LogP) is 10.2. The smallest absolute Gasteiger partial charge is 0.275 e. The number of amides is 3. The summed E-state index contributed by atoms with van der Waals surface area (Å²) in [5.74, 6) is 0.672. The number of carbonyl (C=O) groups excluding carboxylic acids is 4. The van der Waals surface area contributed by atoms with E-state index in [0.29, 0.717) is 59.0 Å². The van der Waals surface area contributed by atoms with Crippen molar-refractivity contribution in [3.05, 3.63) is 136 Å². The van der Waals surface area contributed by atoms with Gasteiger partial charge in [-0.15, -0.1) is 0 Å². The van der Waals surface area contributed by atoms with E-state index in [-0.39, 0.29) is 68.2 Å². The molecular weight excluding hydrogens is 999 g/mol. The van der Waals surface area contributed by atoms with Gasteiger partial charge in [0.2, 0.25) is 5.91 Å². The van der Waals surface area contributed by atoms with E-state index in [4.69, 9.17) is 19.2 Å². The number of hydrogen-bond acceptors (Lipinski definition) is 13. The lowest BCUT2D eigenvalue weighted by atomic mass is 9.99. The third-order valence-corrected chi connectivity index (χ3v) is 18.4. The summed E-state index contributed by atoms with van der Waals surface area (Å²) in [7, 11) is -0.194. The van der Waals surface area contributed by atoms with Gasteiger partial charge in [0.25, 0.3) is 21.9 Å². The molecule has 0 fully saturated rings. The summed E-state index contributed by atoms with van der Waals surface area (Å²) in [5, 5.41) is 1.52. The fourth-order valence-electron chi connectivity index (χ4n) is 10.0. The predicted molar refractivity (Wildman–Crippen MR) is 293 cm³/mol. The highest BCUT2D eigenvalue weighted by Crippen LogP contribution is 2.43. The first-order valence-electron chi connectivity index (χ1n) is 24.6. The molecule has 74 heavy (non-hydrogen) atoms. The highest BCUT2D eigenvalue weighted by Gasteiger charge is 2.39. The molecule has 0 spiro atoms. The van der Waals surface area contributed by atoms with Crippen molar-refractivity contribution in [3.8, 4) is 17.2 Å². The minimum atomic E-state index is -4.59. The molecular formula is C56H59N5O10S3. The molecule has 18 heteroatoms. The molecule has 3 amide bonds. The van der Waals surface area contributed by atoms with Crippen LogP contribution in [0, 0.1) is 6.92 Å². The summed E-state index contributed by atoms with van der Waals surface area (Å²) >= 11 is 0. The van der Waals surface area contributed by atoms with Gasteiger partial charge in [0.15, 0.2) is 17.3 Å². The van der Waals surface area contributed by atoms with E-state index in [1.807, 2.05) is 110 Å². The number of fused-ring (bicyclic) bond motifs is 8. The monoisotopic (exact) mass is 1060 g/mol. The third kappa shape index (κ3) is 11.6. The van der Waals surface area contributed by atoms with Crippen LogP contribution in [0.5, 0.6) is 17.2 Å². The maximum Gasteiger partial charge on any atom is 0.275 e. The lowest BCUT2D eigenvalue weighted by Crippen LogP contribution is -2.37. The number of aryl methyl sites for hydroxylation is 2. The second kappa shape index (κ2) is 22.2. The minimum absolute atomic E-state index is 0.0592. The molecule has 5 aromatic carbocycles. The molecule has 5 aromatic rings. The number of hydrogen-bond donors (Lipinski definition) is 2. The zero-order chi connectivity index (χ0) is 52.3. The lowest BCUT2D eigenvalue weighted by molar-refractivity contribution is -0.117. The van der Waals surface area contributed by atoms with Gasteiger partial charge in [-0.05, 0) is 148 Å². The first kappa shape index (κ1) is 52.4. The Balaban J connectivity index is 0.908. The number of ketones is 1. The summed E-state index contributed by atoms with van der Waals surface area (Å²) in [6.07, 6.45) is 6.79. The molecule has 4 aliphatic rings. The van der Waals surface area contributed by atoms with E-state index in [0.717, 1.165) is 52.0 Å². The van der Waals surface area contributed by atoms with Crippen molar-refractivity contribution >= 4 is 90.4 Å². The Kier molecular flexibility index (Phi) is 15.7. The molecule has 386 valence electrons.